The number of oxazole rings is 1. The second kappa shape index (κ2) is 4.06. The maximum absolute atomic E-state index is 11.6. The van der Waals surface area contributed by atoms with E-state index in [2.05, 4.69) is 17.6 Å². The molecule has 2 aromatic rings. The van der Waals surface area contributed by atoms with Gasteiger partial charge in [0, 0.05) is 18.9 Å². The minimum atomic E-state index is 0.0903. The quantitative estimate of drug-likeness (QED) is 0.640. The van der Waals surface area contributed by atoms with Gasteiger partial charge >= 0.3 is 0 Å². The average molecular weight is 221 g/mol. The van der Waals surface area contributed by atoms with Crippen LogP contribution in [0, 0.1) is 6.92 Å². The molecule has 78 valence electrons. The summed E-state index contributed by atoms with van der Waals surface area (Å²) < 4.78 is 5.33. The number of hydrogen-bond acceptors (Lipinski definition) is 4. The van der Waals surface area contributed by atoms with Gasteiger partial charge < -0.3 is 4.42 Å². The summed E-state index contributed by atoms with van der Waals surface area (Å²) in [6.07, 6.45) is 0.450. The van der Waals surface area contributed by atoms with Gasteiger partial charge in [0.05, 0.1) is 0 Å². The smallest absolute Gasteiger partial charge is 0.192 e. The van der Waals surface area contributed by atoms with Crippen molar-refractivity contribution in [3.05, 3.63) is 29.7 Å². The van der Waals surface area contributed by atoms with Crippen LogP contribution in [0.3, 0.4) is 0 Å². The van der Waals surface area contributed by atoms with E-state index in [9.17, 15) is 4.79 Å². The highest BCUT2D eigenvalue weighted by Gasteiger charge is 2.08. The van der Waals surface area contributed by atoms with Crippen molar-refractivity contribution in [3.8, 4) is 0 Å². The van der Waals surface area contributed by atoms with Crippen LogP contribution in [0.2, 0.25) is 0 Å². The Balaban J connectivity index is 2.41. The van der Waals surface area contributed by atoms with E-state index in [0.29, 0.717) is 23.6 Å². The van der Waals surface area contributed by atoms with Crippen LogP contribution in [0.25, 0.3) is 11.1 Å². The number of carbonyl (C=O) groups is 1. The number of fused-ring (bicyclic) bond motifs is 1. The second-order valence-corrected chi connectivity index (χ2v) is 3.76. The number of Topliss-reactive ketones (excluding diaryl/α,β-unsaturated/α-hetero) is 1. The molecule has 0 amide bonds. The lowest BCUT2D eigenvalue weighted by atomic mass is 10.1. The summed E-state index contributed by atoms with van der Waals surface area (Å²) in [4.78, 5) is 15.8. The highest BCUT2D eigenvalue weighted by Crippen LogP contribution is 2.17. The lowest BCUT2D eigenvalue weighted by molar-refractivity contribution is 0.0990. The molecule has 0 saturated heterocycles. The number of aromatic nitrogens is 1. The highest BCUT2D eigenvalue weighted by molar-refractivity contribution is 7.80. The summed E-state index contributed by atoms with van der Waals surface area (Å²) in [5.41, 5.74) is 2.12. The van der Waals surface area contributed by atoms with Crippen LogP contribution >= 0.6 is 12.6 Å². The number of hydrogen-bond donors (Lipinski definition) is 1. The molecule has 0 unspecified atom stereocenters. The number of aryl methyl sites for hydroxylation is 1. The Hall–Kier alpha value is -1.29. The molecular formula is C11H11NO2S. The van der Waals surface area contributed by atoms with Crippen LogP contribution in [0.15, 0.2) is 22.6 Å². The fourth-order valence-electron chi connectivity index (χ4n) is 1.46. The molecule has 2 rings (SSSR count). The number of carbonyl (C=O) groups excluding carboxylic acids is 1. The summed E-state index contributed by atoms with van der Waals surface area (Å²) >= 11 is 4.03. The maximum atomic E-state index is 11.6. The second-order valence-electron chi connectivity index (χ2n) is 3.31. The topological polar surface area (TPSA) is 43.1 Å². The van der Waals surface area contributed by atoms with Crippen LogP contribution in [-0.2, 0) is 0 Å². The third-order valence-electron chi connectivity index (χ3n) is 2.16. The third-order valence-corrected chi connectivity index (χ3v) is 2.38. The standard InChI is InChI=1S/C11H11NO2S/c1-7-12-9-6-8(10(13)4-5-15)2-3-11(9)14-7/h2-3,6,15H,4-5H2,1H3. The fourth-order valence-corrected chi connectivity index (χ4v) is 1.67. The first kappa shape index (κ1) is 10.2. The van der Waals surface area contributed by atoms with Crippen LogP contribution in [0.1, 0.15) is 22.7 Å². The largest absolute Gasteiger partial charge is 0.441 e. The van der Waals surface area contributed by atoms with E-state index in [-0.39, 0.29) is 5.78 Å². The summed E-state index contributed by atoms with van der Waals surface area (Å²) in [5.74, 6) is 1.27. The van der Waals surface area contributed by atoms with E-state index in [1.54, 1.807) is 25.1 Å². The van der Waals surface area contributed by atoms with Gasteiger partial charge in [0.1, 0.15) is 5.52 Å². The molecule has 0 saturated carbocycles. The molecule has 3 nitrogen and oxygen atoms in total. The zero-order valence-electron chi connectivity index (χ0n) is 8.36. The Bertz CT molecular complexity index is 504. The van der Waals surface area contributed by atoms with E-state index in [0.717, 1.165) is 11.1 Å². The Morgan fingerprint density at radius 1 is 1.53 bits per heavy atom. The van der Waals surface area contributed by atoms with Gasteiger partial charge in [-0.25, -0.2) is 4.98 Å². The van der Waals surface area contributed by atoms with Crippen LogP contribution < -0.4 is 0 Å². The normalized spacial score (nSPS) is 10.8. The Morgan fingerprint density at radius 3 is 3.07 bits per heavy atom. The van der Waals surface area contributed by atoms with Gasteiger partial charge in [0.25, 0.3) is 0 Å². The predicted octanol–water partition coefficient (Wildman–Crippen LogP) is 2.64. The minimum Gasteiger partial charge on any atom is -0.441 e. The summed E-state index contributed by atoms with van der Waals surface area (Å²) in [6.45, 7) is 1.79. The Labute approximate surface area is 92.9 Å². The van der Waals surface area contributed by atoms with Gasteiger partial charge in [-0.2, -0.15) is 12.6 Å². The molecular weight excluding hydrogens is 210 g/mol. The van der Waals surface area contributed by atoms with Gasteiger partial charge in [0.15, 0.2) is 17.3 Å². The van der Waals surface area contributed by atoms with E-state index in [1.165, 1.54) is 0 Å². The number of thiol groups is 1. The highest BCUT2D eigenvalue weighted by atomic mass is 32.1. The van der Waals surface area contributed by atoms with Crippen molar-refractivity contribution in [1.82, 2.24) is 4.98 Å². The molecule has 4 heteroatoms. The lowest BCUT2D eigenvalue weighted by Gasteiger charge is -1.97. The molecule has 0 spiro atoms. The van der Waals surface area contributed by atoms with Crippen molar-refractivity contribution in [2.45, 2.75) is 13.3 Å². The summed E-state index contributed by atoms with van der Waals surface area (Å²) in [5, 5.41) is 0. The van der Waals surface area contributed by atoms with Crippen molar-refractivity contribution in [2.24, 2.45) is 0 Å². The van der Waals surface area contributed by atoms with Crippen LogP contribution in [-0.4, -0.2) is 16.5 Å². The van der Waals surface area contributed by atoms with E-state index >= 15 is 0 Å². The Kier molecular flexibility index (Phi) is 2.77. The molecule has 1 aromatic heterocycles. The molecule has 0 aliphatic rings. The van der Waals surface area contributed by atoms with E-state index in [4.69, 9.17) is 4.42 Å². The van der Waals surface area contributed by atoms with E-state index in [1.807, 2.05) is 0 Å². The third kappa shape index (κ3) is 2.04. The lowest BCUT2D eigenvalue weighted by Crippen LogP contribution is -1.99. The van der Waals surface area contributed by atoms with Gasteiger partial charge in [-0.1, -0.05) is 0 Å². The van der Waals surface area contributed by atoms with Gasteiger partial charge in [-0.05, 0) is 24.0 Å². The maximum Gasteiger partial charge on any atom is 0.192 e. The zero-order valence-corrected chi connectivity index (χ0v) is 9.25. The molecule has 0 bridgehead atoms. The Morgan fingerprint density at radius 2 is 2.33 bits per heavy atom. The van der Waals surface area contributed by atoms with E-state index < -0.39 is 0 Å². The molecule has 0 atom stereocenters. The molecule has 0 fully saturated rings. The molecule has 0 radical (unpaired) electrons. The summed E-state index contributed by atoms with van der Waals surface area (Å²) in [7, 11) is 0. The number of benzene rings is 1. The van der Waals surface area contributed by atoms with Crippen molar-refractivity contribution >= 4 is 29.5 Å². The molecule has 1 heterocycles. The fraction of sp³-hybridized carbons (Fsp3) is 0.273. The van der Waals surface area contributed by atoms with Crippen molar-refractivity contribution in [2.75, 3.05) is 5.75 Å². The average Bonchev–Trinajstić information content (AvgIpc) is 2.57. The molecule has 0 N–H and O–H groups in total. The number of ketones is 1. The minimum absolute atomic E-state index is 0.0903. The monoisotopic (exact) mass is 221 g/mol. The van der Waals surface area contributed by atoms with Crippen LogP contribution in [0.4, 0.5) is 0 Å². The van der Waals surface area contributed by atoms with Crippen LogP contribution in [0.5, 0.6) is 0 Å². The number of nitrogens with zero attached hydrogens (tertiary/aromatic N) is 1. The first-order chi connectivity index (χ1) is 7.20. The number of rotatable bonds is 3. The first-order valence-electron chi connectivity index (χ1n) is 4.72. The summed E-state index contributed by atoms with van der Waals surface area (Å²) in [6, 6.07) is 5.30. The zero-order chi connectivity index (χ0) is 10.8. The van der Waals surface area contributed by atoms with Gasteiger partial charge in [0.2, 0.25) is 0 Å². The van der Waals surface area contributed by atoms with Gasteiger partial charge in [-0.3, -0.25) is 4.79 Å². The molecule has 1 aromatic carbocycles. The predicted molar refractivity (Wildman–Crippen MR) is 61.5 cm³/mol. The first-order valence-corrected chi connectivity index (χ1v) is 5.35. The molecule has 15 heavy (non-hydrogen) atoms. The molecule has 0 aliphatic heterocycles. The van der Waals surface area contributed by atoms with Gasteiger partial charge in [-0.15, -0.1) is 0 Å². The SMILES string of the molecule is Cc1nc2cc(C(=O)CCS)ccc2o1. The molecule has 0 aliphatic carbocycles. The van der Waals surface area contributed by atoms with Crippen molar-refractivity contribution < 1.29 is 9.21 Å². The van der Waals surface area contributed by atoms with Crippen molar-refractivity contribution in [1.29, 1.82) is 0 Å². The van der Waals surface area contributed by atoms with Crippen molar-refractivity contribution in [3.63, 3.8) is 0 Å².